The number of hydrogen-bond acceptors (Lipinski definition) is 3. The lowest BCUT2D eigenvalue weighted by atomic mass is 10.1. The first-order valence-electron chi connectivity index (χ1n) is 6.66. The van der Waals surface area contributed by atoms with E-state index in [1.807, 2.05) is 0 Å². The summed E-state index contributed by atoms with van der Waals surface area (Å²) in [5.41, 5.74) is 0.579. The highest BCUT2D eigenvalue weighted by Crippen LogP contribution is 2.26. The topological polar surface area (TPSA) is 47.6 Å². The smallest absolute Gasteiger partial charge is 0.251 e. The molecule has 4 nitrogen and oxygen atoms in total. The Morgan fingerprint density at radius 1 is 1.16 bits per heavy atom. The standard InChI is InChI=1S/C15H21NO3/c1-10-4-5-12(6-10)16-15(17)11-7-13(18-2)9-14(8-11)19-3/h7-10,12H,4-6H2,1-3H3,(H,16,17). The van der Waals surface area contributed by atoms with E-state index in [0.717, 1.165) is 12.8 Å². The Morgan fingerprint density at radius 2 is 1.79 bits per heavy atom. The van der Waals surface area contributed by atoms with Gasteiger partial charge in [-0.05, 0) is 37.3 Å². The molecule has 4 heteroatoms. The fourth-order valence-corrected chi connectivity index (χ4v) is 2.55. The predicted octanol–water partition coefficient (Wildman–Crippen LogP) is 2.62. The summed E-state index contributed by atoms with van der Waals surface area (Å²) in [6, 6.07) is 5.51. The highest BCUT2D eigenvalue weighted by molar-refractivity contribution is 5.95. The molecule has 0 bridgehead atoms. The molecule has 2 rings (SSSR count). The zero-order valence-electron chi connectivity index (χ0n) is 11.7. The van der Waals surface area contributed by atoms with Crippen molar-refractivity contribution in [3.8, 4) is 11.5 Å². The van der Waals surface area contributed by atoms with Gasteiger partial charge in [0, 0.05) is 17.7 Å². The highest BCUT2D eigenvalue weighted by atomic mass is 16.5. The number of rotatable bonds is 4. The van der Waals surface area contributed by atoms with Crippen LogP contribution in [0.1, 0.15) is 36.5 Å². The van der Waals surface area contributed by atoms with Gasteiger partial charge in [0.25, 0.3) is 5.91 Å². The summed E-state index contributed by atoms with van der Waals surface area (Å²) in [5.74, 6) is 1.90. The van der Waals surface area contributed by atoms with Crippen molar-refractivity contribution >= 4 is 5.91 Å². The molecule has 1 saturated carbocycles. The van der Waals surface area contributed by atoms with Gasteiger partial charge in [-0.15, -0.1) is 0 Å². The van der Waals surface area contributed by atoms with Gasteiger partial charge in [-0.3, -0.25) is 4.79 Å². The van der Waals surface area contributed by atoms with Crippen LogP contribution in [-0.2, 0) is 0 Å². The van der Waals surface area contributed by atoms with E-state index in [-0.39, 0.29) is 5.91 Å². The van der Waals surface area contributed by atoms with Gasteiger partial charge in [-0.25, -0.2) is 0 Å². The molecular weight excluding hydrogens is 242 g/mol. The zero-order valence-corrected chi connectivity index (χ0v) is 11.7. The van der Waals surface area contributed by atoms with Crippen molar-refractivity contribution in [3.63, 3.8) is 0 Å². The lowest BCUT2D eigenvalue weighted by Crippen LogP contribution is -2.32. The maximum atomic E-state index is 12.2. The fourth-order valence-electron chi connectivity index (χ4n) is 2.55. The molecular formula is C15H21NO3. The first-order chi connectivity index (χ1) is 9.12. The number of carbonyl (C=O) groups excluding carboxylic acids is 1. The number of benzene rings is 1. The number of amides is 1. The average Bonchev–Trinajstić information content (AvgIpc) is 2.83. The summed E-state index contributed by atoms with van der Waals surface area (Å²) in [4.78, 5) is 12.2. The Labute approximate surface area is 114 Å². The van der Waals surface area contributed by atoms with Crippen molar-refractivity contribution in [2.45, 2.75) is 32.2 Å². The van der Waals surface area contributed by atoms with Crippen LogP contribution in [0.25, 0.3) is 0 Å². The summed E-state index contributed by atoms with van der Waals surface area (Å²) in [6.45, 7) is 2.22. The van der Waals surface area contributed by atoms with Crippen LogP contribution >= 0.6 is 0 Å². The van der Waals surface area contributed by atoms with Crippen LogP contribution in [0.2, 0.25) is 0 Å². The third kappa shape index (κ3) is 3.40. The minimum absolute atomic E-state index is 0.0590. The number of nitrogens with one attached hydrogen (secondary N) is 1. The van der Waals surface area contributed by atoms with Crippen LogP contribution < -0.4 is 14.8 Å². The van der Waals surface area contributed by atoms with Gasteiger partial charge < -0.3 is 14.8 Å². The third-order valence-corrected chi connectivity index (χ3v) is 3.64. The molecule has 0 aliphatic heterocycles. The molecule has 1 aliphatic carbocycles. The first kappa shape index (κ1) is 13.7. The van der Waals surface area contributed by atoms with E-state index in [1.165, 1.54) is 6.42 Å². The predicted molar refractivity (Wildman–Crippen MR) is 73.8 cm³/mol. The van der Waals surface area contributed by atoms with Gasteiger partial charge in [0.05, 0.1) is 14.2 Å². The van der Waals surface area contributed by atoms with Crippen molar-refractivity contribution in [1.29, 1.82) is 0 Å². The van der Waals surface area contributed by atoms with Crippen LogP contribution in [-0.4, -0.2) is 26.2 Å². The fraction of sp³-hybridized carbons (Fsp3) is 0.533. The van der Waals surface area contributed by atoms with Gasteiger partial charge in [-0.2, -0.15) is 0 Å². The van der Waals surface area contributed by atoms with E-state index in [1.54, 1.807) is 32.4 Å². The summed E-state index contributed by atoms with van der Waals surface area (Å²) in [5, 5.41) is 3.08. The summed E-state index contributed by atoms with van der Waals surface area (Å²) in [7, 11) is 3.16. The molecule has 1 aliphatic rings. The molecule has 0 radical (unpaired) electrons. The van der Waals surface area contributed by atoms with Gasteiger partial charge in [0.1, 0.15) is 11.5 Å². The maximum Gasteiger partial charge on any atom is 0.251 e. The Kier molecular flexibility index (Phi) is 4.30. The van der Waals surface area contributed by atoms with Crippen LogP contribution in [0, 0.1) is 5.92 Å². The highest BCUT2D eigenvalue weighted by Gasteiger charge is 2.23. The molecule has 2 unspecified atom stereocenters. The van der Waals surface area contributed by atoms with E-state index in [9.17, 15) is 4.79 Å². The van der Waals surface area contributed by atoms with Crippen LogP contribution in [0.15, 0.2) is 18.2 Å². The molecule has 2 atom stereocenters. The minimum Gasteiger partial charge on any atom is -0.497 e. The lowest BCUT2D eigenvalue weighted by Gasteiger charge is -2.13. The van der Waals surface area contributed by atoms with Crippen molar-refractivity contribution in [2.75, 3.05) is 14.2 Å². The molecule has 1 fully saturated rings. The number of ether oxygens (including phenoxy) is 2. The molecule has 1 aromatic carbocycles. The zero-order chi connectivity index (χ0) is 13.8. The molecule has 1 N–H and O–H groups in total. The second-order valence-corrected chi connectivity index (χ2v) is 5.19. The Bertz CT molecular complexity index is 436. The molecule has 1 amide bonds. The molecule has 0 saturated heterocycles. The normalized spacial score (nSPS) is 22.1. The number of carbonyl (C=O) groups is 1. The van der Waals surface area contributed by atoms with Gasteiger partial charge >= 0.3 is 0 Å². The van der Waals surface area contributed by atoms with Crippen molar-refractivity contribution < 1.29 is 14.3 Å². The second-order valence-electron chi connectivity index (χ2n) is 5.19. The summed E-state index contributed by atoms with van der Waals surface area (Å²) >= 11 is 0. The largest absolute Gasteiger partial charge is 0.497 e. The number of hydrogen-bond donors (Lipinski definition) is 1. The van der Waals surface area contributed by atoms with Gasteiger partial charge in [0.2, 0.25) is 0 Å². The van der Waals surface area contributed by atoms with Gasteiger partial charge in [0.15, 0.2) is 0 Å². The second kappa shape index (κ2) is 5.95. The summed E-state index contributed by atoms with van der Waals surface area (Å²) < 4.78 is 10.3. The van der Waals surface area contributed by atoms with Crippen LogP contribution in [0.3, 0.4) is 0 Å². The Hall–Kier alpha value is -1.71. The molecule has 19 heavy (non-hydrogen) atoms. The van der Waals surface area contributed by atoms with Gasteiger partial charge in [-0.1, -0.05) is 6.92 Å². The minimum atomic E-state index is -0.0590. The SMILES string of the molecule is COc1cc(OC)cc(C(=O)NC2CCC(C)C2)c1. The van der Waals surface area contributed by atoms with E-state index in [0.29, 0.717) is 29.0 Å². The van der Waals surface area contributed by atoms with E-state index in [2.05, 4.69) is 12.2 Å². The van der Waals surface area contributed by atoms with E-state index in [4.69, 9.17) is 9.47 Å². The lowest BCUT2D eigenvalue weighted by molar-refractivity contribution is 0.0936. The molecule has 0 heterocycles. The first-order valence-corrected chi connectivity index (χ1v) is 6.66. The van der Waals surface area contributed by atoms with Crippen LogP contribution in [0.5, 0.6) is 11.5 Å². The summed E-state index contributed by atoms with van der Waals surface area (Å²) in [6.07, 6.45) is 3.31. The van der Waals surface area contributed by atoms with Crippen molar-refractivity contribution in [2.24, 2.45) is 5.92 Å². The molecule has 0 aromatic heterocycles. The average molecular weight is 263 g/mol. The van der Waals surface area contributed by atoms with E-state index >= 15 is 0 Å². The Morgan fingerprint density at radius 3 is 2.26 bits per heavy atom. The monoisotopic (exact) mass is 263 g/mol. The quantitative estimate of drug-likeness (QED) is 0.908. The number of methoxy groups -OCH3 is 2. The van der Waals surface area contributed by atoms with Crippen molar-refractivity contribution in [3.05, 3.63) is 23.8 Å². The van der Waals surface area contributed by atoms with Crippen LogP contribution in [0.4, 0.5) is 0 Å². The maximum absolute atomic E-state index is 12.2. The molecule has 104 valence electrons. The molecule has 0 spiro atoms. The Balaban J connectivity index is 2.09. The van der Waals surface area contributed by atoms with E-state index < -0.39 is 0 Å². The molecule has 1 aromatic rings. The van der Waals surface area contributed by atoms with Crippen molar-refractivity contribution in [1.82, 2.24) is 5.32 Å². The third-order valence-electron chi connectivity index (χ3n) is 3.64.